The Bertz CT molecular complexity index is 188. The smallest absolute Gasteiger partial charge is 0.0198 e. The van der Waals surface area contributed by atoms with Crippen LogP contribution in [-0.2, 0) is 0 Å². The Morgan fingerprint density at radius 3 is 1.24 bits per heavy atom. The molecule has 0 aromatic rings. The van der Waals surface area contributed by atoms with Gasteiger partial charge in [0.15, 0.2) is 0 Å². The normalized spacial score (nSPS) is 14.9. The van der Waals surface area contributed by atoms with Gasteiger partial charge >= 0.3 is 0 Å². The van der Waals surface area contributed by atoms with Crippen LogP contribution in [0, 0.1) is 23.7 Å². The molecule has 0 bridgehead atoms. The molecule has 1 heteroatoms. The third-order valence-corrected chi connectivity index (χ3v) is 6.67. The van der Waals surface area contributed by atoms with Crippen LogP contribution in [-0.4, -0.2) is 9.52 Å². The molecule has 0 amide bonds. The van der Waals surface area contributed by atoms with Crippen LogP contribution in [0.2, 0.25) is 12.1 Å². The van der Waals surface area contributed by atoms with Crippen LogP contribution in [0.15, 0.2) is 0 Å². The van der Waals surface area contributed by atoms with Gasteiger partial charge in [-0.1, -0.05) is 105 Å². The molecule has 0 heterocycles. The average Bonchev–Trinajstić information content (AvgIpc) is 2.37. The Labute approximate surface area is 138 Å². The van der Waals surface area contributed by atoms with Crippen molar-refractivity contribution in [2.75, 3.05) is 0 Å². The lowest BCUT2D eigenvalue weighted by Gasteiger charge is -2.13. The standard InChI is InChI=1S/C20H44Si/c1-17(2)9-7-11-19(5)13-15-21-16-14-20(6)12-8-10-18(3)4/h17-20H,7-16,21H2,1-6H3/t19-,20-/m0/s1. The summed E-state index contributed by atoms with van der Waals surface area (Å²) in [4.78, 5) is 0. The topological polar surface area (TPSA) is 0 Å². The van der Waals surface area contributed by atoms with E-state index in [-0.39, 0.29) is 9.52 Å². The number of rotatable bonds is 14. The summed E-state index contributed by atoms with van der Waals surface area (Å²) in [7, 11) is 0.248. The van der Waals surface area contributed by atoms with Gasteiger partial charge in [0.2, 0.25) is 0 Å². The van der Waals surface area contributed by atoms with Crippen molar-refractivity contribution in [1.82, 2.24) is 0 Å². The van der Waals surface area contributed by atoms with E-state index in [0.29, 0.717) is 0 Å². The van der Waals surface area contributed by atoms with Crippen LogP contribution in [0.25, 0.3) is 0 Å². The van der Waals surface area contributed by atoms with Crippen LogP contribution in [0.1, 0.15) is 92.9 Å². The maximum Gasteiger partial charge on any atom is 0.0198 e. The first-order valence-corrected chi connectivity index (χ1v) is 11.9. The summed E-state index contributed by atoms with van der Waals surface area (Å²) >= 11 is 0. The minimum absolute atomic E-state index is 0.248. The molecule has 0 aromatic carbocycles. The highest BCUT2D eigenvalue weighted by atomic mass is 28.2. The zero-order chi connectivity index (χ0) is 16.1. The summed E-state index contributed by atoms with van der Waals surface area (Å²) in [5.41, 5.74) is 0. The Balaban J connectivity index is 3.34. The molecule has 0 radical (unpaired) electrons. The fourth-order valence-electron chi connectivity index (χ4n) is 3.20. The van der Waals surface area contributed by atoms with E-state index in [1.54, 1.807) is 12.1 Å². The molecular formula is C20H44Si. The second kappa shape index (κ2) is 13.9. The zero-order valence-corrected chi connectivity index (χ0v) is 17.5. The molecule has 0 rings (SSSR count). The molecule has 0 aliphatic heterocycles. The van der Waals surface area contributed by atoms with Crippen LogP contribution in [0.5, 0.6) is 0 Å². The fraction of sp³-hybridized carbons (Fsp3) is 1.00. The number of hydrogen-bond acceptors (Lipinski definition) is 0. The lowest BCUT2D eigenvalue weighted by molar-refractivity contribution is 0.444. The van der Waals surface area contributed by atoms with Gasteiger partial charge in [-0.05, 0) is 23.7 Å². The van der Waals surface area contributed by atoms with Crippen molar-refractivity contribution in [3.05, 3.63) is 0 Å². The molecule has 0 N–H and O–H groups in total. The molecular weight excluding hydrogens is 268 g/mol. The maximum absolute atomic E-state index is 2.48. The van der Waals surface area contributed by atoms with Crippen LogP contribution < -0.4 is 0 Å². The minimum Gasteiger partial charge on any atom is -0.0628 e. The largest absolute Gasteiger partial charge is 0.0628 e. The van der Waals surface area contributed by atoms with E-state index >= 15 is 0 Å². The summed E-state index contributed by atoms with van der Waals surface area (Å²) < 4.78 is 0. The molecule has 0 aromatic heterocycles. The highest BCUT2D eigenvalue weighted by Gasteiger charge is 2.05. The monoisotopic (exact) mass is 312 g/mol. The van der Waals surface area contributed by atoms with E-state index in [1.807, 2.05) is 0 Å². The van der Waals surface area contributed by atoms with E-state index in [2.05, 4.69) is 41.5 Å². The van der Waals surface area contributed by atoms with Crippen molar-refractivity contribution in [3.8, 4) is 0 Å². The SMILES string of the molecule is CC(C)CCC[C@H](C)CC[SiH2]CC[C@@H](C)CCCC(C)C. The van der Waals surface area contributed by atoms with Crippen molar-refractivity contribution in [2.45, 2.75) is 105 Å². The van der Waals surface area contributed by atoms with Crippen molar-refractivity contribution in [3.63, 3.8) is 0 Å². The first-order valence-electron chi connectivity index (χ1n) is 9.91. The first-order chi connectivity index (χ1) is 9.91. The predicted molar refractivity (Wildman–Crippen MR) is 103 cm³/mol. The number of hydrogen-bond donors (Lipinski definition) is 0. The summed E-state index contributed by atoms with van der Waals surface area (Å²) in [5, 5.41) is 0. The molecule has 2 atom stereocenters. The molecule has 0 unspecified atom stereocenters. The summed E-state index contributed by atoms with van der Waals surface area (Å²) in [6.45, 7) is 14.3. The van der Waals surface area contributed by atoms with Crippen LogP contribution >= 0.6 is 0 Å². The molecule has 0 saturated heterocycles. The van der Waals surface area contributed by atoms with Crippen molar-refractivity contribution < 1.29 is 0 Å². The molecule has 21 heavy (non-hydrogen) atoms. The van der Waals surface area contributed by atoms with E-state index < -0.39 is 0 Å². The van der Waals surface area contributed by atoms with Crippen LogP contribution in [0.4, 0.5) is 0 Å². The summed E-state index contributed by atoms with van der Waals surface area (Å²) in [6.07, 6.45) is 11.7. The molecule has 0 fully saturated rings. The van der Waals surface area contributed by atoms with Gasteiger partial charge in [0, 0.05) is 9.52 Å². The molecule has 128 valence electrons. The molecule has 0 saturated carbocycles. The van der Waals surface area contributed by atoms with Gasteiger partial charge in [-0.3, -0.25) is 0 Å². The van der Waals surface area contributed by atoms with E-state index in [0.717, 1.165) is 23.7 Å². The second-order valence-electron chi connectivity index (χ2n) is 8.50. The van der Waals surface area contributed by atoms with E-state index in [9.17, 15) is 0 Å². The first kappa shape index (κ1) is 21.2. The van der Waals surface area contributed by atoms with Crippen molar-refractivity contribution >= 4 is 9.52 Å². The van der Waals surface area contributed by atoms with Crippen LogP contribution in [0.3, 0.4) is 0 Å². The van der Waals surface area contributed by atoms with Crippen molar-refractivity contribution in [2.24, 2.45) is 23.7 Å². The minimum atomic E-state index is 0.248. The quantitative estimate of drug-likeness (QED) is 0.247. The predicted octanol–water partition coefficient (Wildman–Crippen LogP) is 6.70. The van der Waals surface area contributed by atoms with Gasteiger partial charge in [-0.25, -0.2) is 0 Å². The summed E-state index contributed by atoms with van der Waals surface area (Å²) in [6, 6.07) is 3.20. The van der Waals surface area contributed by atoms with Gasteiger partial charge in [-0.2, -0.15) is 0 Å². The maximum atomic E-state index is 2.48. The Morgan fingerprint density at radius 1 is 0.524 bits per heavy atom. The Kier molecular flexibility index (Phi) is 14.0. The third kappa shape index (κ3) is 16.4. The zero-order valence-electron chi connectivity index (χ0n) is 16.1. The van der Waals surface area contributed by atoms with Gasteiger partial charge in [0.05, 0.1) is 0 Å². The molecule has 0 nitrogen and oxygen atoms in total. The highest BCUT2D eigenvalue weighted by Crippen LogP contribution is 2.19. The van der Waals surface area contributed by atoms with Gasteiger partial charge in [0.1, 0.15) is 0 Å². The fourth-order valence-corrected chi connectivity index (χ4v) is 5.52. The average molecular weight is 313 g/mol. The lowest BCUT2D eigenvalue weighted by Crippen LogP contribution is -2.02. The molecule has 0 spiro atoms. The van der Waals surface area contributed by atoms with Gasteiger partial charge in [-0.15, -0.1) is 0 Å². The van der Waals surface area contributed by atoms with Crippen molar-refractivity contribution in [1.29, 1.82) is 0 Å². The van der Waals surface area contributed by atoms with Gasteiger partial charge in [0.25, 0.3) is 0 Å². The van der Waals surface area contributed by atoms with E-state index in [4.69, 9.17) is 0 Å². The van der Waals surface area contributed by atoms with Gasteiger partial charge < -0.3 is 0 Å². The third-order valence-electron chi connectivity index (χ3n) is 4.85. The Hall–Kier alpha value is 0.217. The lowest BCUT2D eigenvalue weighted by atomic mass is 9.98. The van der Waals surface area contributed by atoms with E-state index in [1.165, 1.54) is 51.4 Å². The molecule has 0 aliphatic carbocycles. The molecule has 0 aliphatic rings. The second-order valence-corrected chi connectivity index (χ2v) is 10.6. The Morgan fingerprint density at radius 2 is 0.905 bits per heavy atom. The summed E-state index contributed by atoms with van der Waals surface area (Å²) in [5.74, 6) is 3.76. The highest BCUT2D eigenvalue weighted by molar-refractivity contribution is 6.35.